The van der Waals surface area contributed by atoms with Crippen LogP contribution in [0.2, 0.25) is 0 Å². The van der Waals surface area contributed by atoms with E-state index in [1.165, 1.54) is 33.1 Å². The molecular weight excluding hydrogens is 979 g/mol. The molecule has 0 spiro atoms. The summed E-state index contributed by atoms with van der Waals surface area (Å²) >= 11 is 0. The minimum atomic E-state index is -2.91. The molecule has 0 saturated carbocycles. The number of fused-ring (bicyclic) bond motifs is 2. The van der Waals surface area contributed by atoms with Crippen molar-refractivity contribution in [2.75, 3.05) is 52.0 Å². The summed E-state index contributed by atoms with van der Waals surface area (Å²) < 4.78 is 71.3. The number of nitrogens with two attached hydrogens (primary N) is 1. The van der Waals surface area contributed by atoms with E-state index in [1.807, 2.05) is 57.2 Å². The second kappa shape index (κ2) is 25.3. The molecule has 2 unspecified atom stereocenters. The number of carbonyl (C=O) groups excluding carboxylic acids is 4. The van der Waals surface area contributed by atoms with Gasteiger partial charge in [-0.3, -0.25) is 19.3 Å². The van der Waals surface area contributed by atoms with E-state index in [4.69, 9.17) is 20.2 Å². The standard InChI is InChI=1S/C45H52F4N8O5.C9H17NO3/c1-45(2,3)41(53-44(60)61-4)42(59)52-38(39(58)22-50-21-34-35(46)18-30(19-36(34)47)37-15-16-56(54-37)43(48)49)17-28-8-5-27(6-9-28)7-10-29-11-14-40(51-20-29)55-23-31-12-13-32(24-55)57(31)33-25-62-26-33;1-9(2,3)6(8(10)12)5-7(11)13-4/h5-6,8-9,11,14-16,18-20,31-33,38-39,41,43,50,58H,12-13,17,21-26H2,1-4H3,(H,52,59)(H,53,60);6H,5H2,1-4H3,(H2,10,12)/t31?,32?,38-,39-,41+;6-/m01/s1. The Bertz CT molecular complexity index is 2620. The number of anilines is 1. The van der Waals surface area contributed by atoms with E-state index < -0.39 is 71.6 Å². The fourth-order valence-corrected chi connectivity index (χ4v) is 9.38. The normalized spacial score (nSPS) is 18.3. The van der Waals surface area contributed by atoms with Crippen LogP contribution < -0.4 is 26.6 Å². The number of benzene rings is 2. The number of aliphatic hydroxyl groups is 1. The first-order valence-corrected chi connectivity index (χ1v) is 24.8. The average molecular weight is 1050 g/mol. The zero-order chi connectivity index (χ0) is 54.8. The number of hydrogen-bond donors (Lipinski definition) is 5. The van der Waals surface area contributed by atoms with Gasteiger partial charge in [0.25, 0.3) is 0 Å². The van der Waals surface area contributed by atoms with Gasteiger partial charge in [-0.25, -0.2) is 23.2 Å². The number of methoxy groups -OCH3 is 2. The highest BCUT2D eigenvalue weighted by molar-refractivity contribution is 5.86. The molecule has 3 saturated heterocycles. The lowest BCUT2D eigenvalue weighted by Crippen LogP contribution is -2.62. The summed E-state index contributed by atoms with van der Waals surface area (Å²) in [4.78, 5) is 57.6. The number of primary amides is 1. The summed E-state index contributed by atoms with van der Waals surface area (Å²) in [5.74, 6) is 3.52. The number of halogens is 4. The monoisotopic (exact) mass is 1050 g/mol. The number of aromatic nitrogens is 3. The van der Waals surface area contributed by atoms with Crippen LogP contribution in [0.5, 0.6) is 0 Å². The molecule has 3 aliphatic heterocycles. The number of esters is 1. The number of ether oxygens (including phenoxy) is 3. The number of nitrogens with one attached hydrogen (secondary N) is 3. The maximum absolute atomic E-state index is 15.1. The van der Waals surface area contributed by atoms with Crippen LogP contribution in [0, 0.1) is 40.2 Å². The Kier molecular flexibility index (Phi) is 19.4. The molecule has 6 atom stereocenters. The van der Waals surface area contributed by atoms with E-state index in [1.54, 1.807) is 27.0 Å². The number of aliphatic hydroxyl groups excluding tert-OH is 1. The molecule has 3 amide bonds. The molecule has 406 valence electrons. The number of nitrogens with zero attached hydrogens (tertiary/aromatic N) is 5. The van der Waals surface area contributed by atoms with E-state index in [-0.39, 0.29) is 48.2 Å². The van der Waals surface area contributed by atoms with Crippen LogP contribution in [0.15, 0.2) is 67.0 Å². The van der Waals surface area contributed by atoms with Crippen LogP contribution >= 0.6 is 0 Å². The van der Waals surface area contributed by atoms with Crippen molar-refractivity contribution in [2.24, 2.45) is 22.5 Å². The molecule has 4 aromatic rings. The van der Waals surface area contributed by atoms with Crippen molar-refractivity contribution in [3.63, 3.8) is 0 Å². The summed E-state index contributed by atoms with van der Waals surface area (Å²) in [5, 5.41) is 23.4. The van der Waals surface area contributed by atoms with Crippen LogP contribution in [0.3, 0.4) is 0 Å². The van der Waals surface area contributed by atoms with Gasteiger partial charge in [-0.15, -0.1) is 0 Å². The third-order valence-corrected chi connectivity index (χ3v) is 13.7. The smallest absolute Gasteiger partial charge is 0.407 e. The van der Waals surface area contributed by atoms with Crippen LogP contribution in [0.1, 0.15) is 89.6 Å². The number of amides is 3. The molecule has 3 fully saturated rings. The van der Waals surface area contributed by atoms with Crippen molar-refractivity contribution >= 4 is 29.7 Å². The van der Waals surface area contributed by atoms with Crippen LogP contribution in [0.4, 0.5) is 28.2 Å². The highest BCUT2D eigenvalue weighted by Crippen LogP contribution is 2.36. The maximum Gasteiger partial charge on any atom is 0.407 e. The second-order valence-corrected chi connectivity index (χ2v) is 21.2. The number of pyridine rings is 1. The third-order valence-electron chi connectivity index (χ3n) is 13.7. The number of alkyl carbamates (subject to hydrolysis) is 1. The zero-order valence-corrected chi connectivity index (χ0v) is 43.7. The molecular formula is C54H69F4N9O8. The Morgan fingerprint density at radius 1 is 0.867 bits per heavy atom. The zero-order valence-electron chi connectivity index (χ0n) is 43.7. The molecule has 21 heteroatoms. The highest BCUT2D eigenvalue weighted by atomic mass is 19.3. The van der Waals surface area contributed by atoms with Gasteiger partial charge in [0.15, 0.2) is 0 Å². The first-order valence-electron chi connectivity index (χ1n) is 24.8. The molecule has 3 aliphatic rings. The number of piperazine rings is 1. The first-order chi connectivity index (χ1) is 35.4. The lowest BCUT2D eigenvalue weighted by Gasteiger charge is -2.47. The fourth-order valence-electron chi connectivity index (χ4n) is 9.38. The minimum absolute atomic E-state index is 0.0189. The number of alkyl halides is 2. The van der Waals surface area contributed by atoms with E-state index in [0.717, 1.165) is 67.1 Å². The molecule has 2 aromatic heterocycles. The van der Waals surface area contributed by atoms with Crippen LogP contribution in [-0.4, -0.2) is 132 Å². The van der Waals surface area contributed by atoms with E-state index >= 15 is 8.78 Å². The van der Waals surface area contributed by atoms with Gasteiger partial charge in [0.1, 0.15) is 23.5 Å². The summed E-state index contributed by atoms with van der Waals surface area (Å²) in [6, 6.07) is 14.2. The molecule has 17 nitrogen and oxygen atoms in total. The minimum Gasteiger partial charge on any atom is -0.469 e. The maximum atomic E-state index is 15.1. The lowest BCUT2D eigenvalue weighted by molar-refractivity contribution is -0.145. The van der Waals surface area contributed by atoms with Gasteiger partial charge in [0.2, 0.25) is 11.8 Å². The number of hydrogen-bond acceptors (Lipinski definition) is 13. The third kappa shape index (κ3) is 15.5. The Balaban J connectivity index is 0.000000620. The highest BCUT2D eigenvalue weighted by Gasteiger charge is 2.45. The predicted molar refractivity (Wildman–Crippen MR) is 272 cm³/mol. The van der Waals surface area contributed by atoms with Gasteiger partial charge >= 0.3 is 18.6 Å². The van der Waals surface area contributed by atoms with Crippen LogP contribution in [-0.2, 0) is 41.6 Å². The molecule has 2 aromatic carbocycles. The van der Waals surface area contributed by atoms with Crippen LogP contribution in [0.25, 0.3) is 11.3 Å². The molecule has 75 heavy (non-hydrogen) atoms. The van der Waals surface area contributed by atoms with Gasteiger partial charge in [-0.05, 0) is 78.1 Å². The van der Waals surface area contributed by atoms with E-state index in [2.05, 4.69) is 47.4 Å². The number of carbonyl (C=O) groups is 4. The first kappa shape index (κ1) is 57.7. The predicted octanol–water partition coefficient (Wildman–Crippen LogP) is 5.72. The molecule has 0 aliphatic carbocycles. The molecule has 6 N–H and O–H groups in total. The second-order valence-electron chi connectivity index (χ2n) is 21.2. The lowest BCUT2D eigenvalue weighted by atomic mass is 9.78. The molecule has 0 radical (unpaired) electrons. The summed E-state index contributed by atoms with van der Waals surface area (Å²) in [5.41, 5.74) is 6.00. The quantitative estimate of drug-likeness (QED) is 0.0487. The topological polar surface area (TPSA) is 216 Å². The van der Waals surface area contributed by atoms with Crippen molar-refractivity contribution in [2.45, 2.75) is 117 Å². The van der Waals surface area contributed by atoms with Gasteiger partial charge in [0.05, 0.1) is 63.7 Å². The van der Waals surface area contributed by atoms with Gasteiger partial charge in [-0.2, -0.15) is 13.9 Å². The number of rotatable bonds is 17. The van der Waals surface area contributed by atoms with E-state index in [9.17, 15) is 33.1 Å². The van der Waals surface area contributed by atoms with Crippen molar-refractivity contribution in [3.05, 3.63) is 101 Å². The Labute approximate surface area is 435 Å². The van der Waals surface area contributed by atoms with Gasteiger partial charge in [0, 0.05) is 72.9 Å². The molecule has 5 heterocycles. The van der Waals surface area contributed by atoms with Gasteiger partial charge in [-0.1, -0.05) is 65.5 Å². The Morgan fingerprint density at radius 3 is 2.00 bits per heavy atom. The summed E-state index contributed by atoms with van der Waals surface area (Å²) in [6.07, 6.45) is 3.33. The van der Waals surface area contributed by atoms with Crippen molar-refractivity contribution in [3.8, 4) is 23.1 Å². The van der Waals surface area contributed by atoms with Gasteiger partial charge < -0.3 is 45.9 Å². The van der Waals surface area contributed by atoms with Crippen molar-refractivity contribution < 1.29 is 56.1 Å². The summed E-state index contributed by atoms with van der Waals surface area (Å²) in [7, 11) is 2.48. The van der Waals surface area contributed by atoms with Crippen molar-refractivity contribution in [1.29, 1.82) is 0 Å². The molecule has 2 bridgehead atoms. The largest absolute Gasteiger partial charge is 0.469 e. The summed E-state index contributed by atoms with van der Waals surface area (Å²) in [6.45, 7) is 11.0. The Morgan fingerprint density at radius 2 is 1.49 bits per heavy atom. The fraction of sp³-hybridized carbons (Fsp3) is 0.519. The van der Waals surface area contributed by atoms with E-state index in [0.29, 0.717) is 22.8 Å². The Hall–Kier alpha value is -6.60. The SMILES string of the molecule is COC(=O)C[C@H](C(N)=O)C(C)(C)C.COC(=O)N[C@H](C(=O)N[C@@H](Cc1ccc(C#Cc2ccc(N3CC4CCC(C3)N4C3COC3)nc2)cc1)[C@@H](O)CNCc1c(F)cc(-c2ccn(C(F)F)n2)cc1F)C(C)(C)C. The average Bonchev–Trinajstić information content (AvgIpc) is 3.93. The molecule has 7 rings (SSSR count). The van der Waals surface area contributed by atoms with Crippen molar-refractivity contribution in [1.82, 2.24) is 35.6 Å².